The van der Waals surface area contributed by atoms with Gasteiger partial charge in [0.25, 0.3) is 0 Å². The van der Waals surface area contributed by atoms with Crippen molar-refractivity contribution in [2.24, 2.45) is 0 Å². The van der Waals surface area contributed by atoms with E-state index in [-0.39, 0.29) is 0 Å². The summed E-state index contributed by atoms with van der Waals surface area (Å²) in [5.41, 5.74) is 12.5. The van der Waals surface area contributed by atoms with Crippen LogP contribution in [0.5, 0.6) is 0 Å². The fourth-order valence-corrected chi connectivity index (χ4v) is 9.02. The first-order chi connectivity index (χ1) is 24.8. The number of fused-ring (bicyclic) bond motifs is 5. The van der Waals surface area contributed by atoms with E-state index in [1.807, 2.05) is 47.8 Å². The molecule has 0 unspecified atom stereocenters. The van der Waals surface area contributed by atoms with E-state index < -0.39 is 0 Å². The van der Waals surface area contributed by atoms with Gasteiger partial charge in [0.2, 0.25) is 0 Å². The van der Waals surface area contributed by atoms with Gasteiger partial charge in [-0.1, -0.05) is 108 Å². The molecule has 0 amide bonds. The first-order valence-electron chi connectivity index (χ1n) is 16.6. The van der Waals surface area contributed by atoms with Crippen LogP contribution in [0, 0.1) is 0 Å². The molecule has 6 heteroatoms. The average Bonchev–Trinajstić information content (AvgIpc) is 3.18. The quantitative estimate of drug-likeness (QED) is 0.184. The summed E-state index contributed by atoms with van der Waals surface area (Å²) >= 11 is 3.64. The van der Waals surface area contributed by atoms with Crippen LogP contribution in [-0.4, -0.2) is 9.97 Å². The Labute approximate surface area is 299 Å². The van der Waals surface area contributed by atoms with Gasteiger partial charge in [-0.2, -0.15) is 0 Å². The van der Waals surface area contributed by atoms with Crippen LogP contribution < -0.4 is 9.80 Å². The van der Waals surface area contributed by atoms with Gasteiger partial charge in [0.05, 0.1) is 45.2 Å². The van der Waals surface area contributed by atoms with Crippen molar-refractivity contribution >= 4 is 68.7 Å². The third-order valence-corrected chi connectivity index (χ3v) is 11.5. The Morgan fingerprint density at radius 2 is 0.620 bits per heavy atom. The molecule has 10 rings (SSSR count). The molecule has 0 aliphatic carbocycles. The predicted molar refractivity (Wildman–Crippen MR) is 208 cm³/mol. The van der Waals surface area contributed by atoms with Gasteiger partial charge < -0.3 is 9.80 Å². The van der Waals surface area contributed by atoms with Crippen molar-refractivity contribution in [3.05, 3.63) is 170 Å². The molecule has 8 aromatic rings. The van der Waals surface area contributed by atoms with Gasteiger partial charge in [-0.05, 0) is 84.9 Å². The average molecular weight is 677 g/mol. The van der Waals surface area contributed by atoms with Crippen molar-refractivity contribution in [2.75, 3.05) is 9.80 Å². The van der Waals surface area contributed by atoms with Crippen LogP contribution in [0.4, 0.5) is 34.1 Å². The van der Waals surface area contributed by atoms with Crippen molar-refractivity contribution in [1.29, 1.82) is 0 Å². The van der Waals surface area contributed by atoms with Gasteiger partial charge >= 0.3 is 0 Å². The van der Waals surface area contributed by atoms with E-state index >= 15 is 0 Å². The van der Waals surface area contributed by atoms with Gasteiger partial charge in [0.1, 0.15) is 0 Å². The van der Waals surface area contributed by atoms with E-state index in [1.165, 1.54) is 42.3 Å². The van der Waals surface area contributed by atoms with E-state index in [0.29, 0.717) is 0 Å². The number of rotatable bonds is 4. The fourth-order valence-electron chi connectivity index (χ4n) is 6.90. The van der Waals surface area contributed by atoms with Crippen molar-refractivity contribution in [2.45, 2.75) is 19.6 Å². The second kappa shape index (κ2) is 11.9. The number of hydrogen-bond acceptors (Lipinski definition) is 6. The second-order valence-corrected chi connectivity index (χ2v) is 14.4. The molecular weight excluding hydrogens is 649 g/mol. The SMILES string of the molecule is c1ccc2c(c1)Sc1ccccc1N2c1ccc(-c2nc3ccccc3nc2-c2ccc(N3c4ccccc4Sc4ccccc43)cc2)cc1. The summed E-state index contributed by atoms with van der Waals surface area (Å²) in [5, 5.41) is 0. The summed E-state index contributed by atoms with van der Waals surface area (Å²) in [6.07, 6.45) is 0. The topological polar surface area (TPSA) is 32.3 Å². The standard InChI is InChI=1S/C44H28N4S2/c1-2-12-34-33(11-1)45-43(29-21-25-31(26-22-29)47-35-13-3-7-17-39(35)49-40-18-8-4-14-36(40)47)44(46-34)30-23-27-32(28-24-30)48-37-15-5-9-19-41(37)50-42-20-10-6-16-38(42)48/h1-28H. The van der Waals surface area contributed by atoms with Crippen LogP contribution in [0.25, 0.3) is 33.5 Å². The molecule has 0 spiro atoms. The van der Waals surface area contributed by atoms with Crippen LogP contribution in [0.2, 0.25) is 0 Å². The third kappa shape index (κ3) is 4.87. The summed E-state index contributed by atoms with van der Waals surface area (Å²) in [6, 6.07) is 60.1. The first-order valence-corrected chi connectivity index (χ1v) is 18.2. The monoisotopic (exact) mass is 676 g/mol. The van der Waals surface area contributed by atoms with Gasteiger partial charge in [-0.15, -0.1) is 0 Å². The molecule has 3 heterocycles. The molecule has 50 heavy (non-hydrogen) atoms. The van der Waals surface area contributed by atoms with Crippen LogP contribution in [-0.2, 0) is 0 Å². The van der Waals surface area contributed by atoms with Crippen molar-refractivity contribution in [1.82, 2.24) is 9.97 Å². The Bertz CT molecular complexity index is 2300. The molecule has 0 bridgehead atoms. The van der Waals surface area contributed by atoms with Crippen LogP contribution >= 0.6 is 23.5 Å². The summed E-state index contributed by atoms with van der Waals surface area (Å²) in [5.74, 6) is 0. The van der Waals surface area contributed by atoms with E-state index in [1.54, 1.807) is 0 Å². The number of hydrogen-bond donors (Lipinski definition) is 0. The summed E-state index contributed by atoms with van der Waals surface area (Å²) < 4.78 is 0. The summed E-state index contributed by atoms with van der Waals surface area (Å²) in [6.45, 7) is 0. The fraction of sp³-hybridized carbons (Fsp3) is 0. The maximum absolute atomic E-state index is 5.22. The Balaban J connectivity index is 1.06. The maximum atomic E-state index is 5.22. The Morgan fingerprint density at radius 3 is 0.960 bits per heavy atom. The van der Waals surface area contributed by atoms with E-state index in [4.69, 9.17) is 9.97 Å². The minimum Gasteiger partial charge on any atom is -0.308 e. The molecule has 0 radical (unpaired) electrons. The number of benzene rings is 7. The Morgan fingerprint density at radius 1 is 0.320 bits per heavy atom. The number of para-hydroxylation sites is 6. The van der Waals surface area contributed by atoms with Crippen molar-refractivity contribution in [3.63, 3.8) is 0 Å². The van der Waals surface area contributed by atoms with E-state index in [9.17, 15) is 0 Å². The highest BCUT2D eigenvalue weighted by Crippen LogP contribution is 2.52. The largest absolute Gasteiger partial charge is 0.308 e. The van der Waals surface area contributed by atoms with Crippen LogP contribution in [0.1, 0.15) is 0 Å². The molecule has 4 nitrogen and oxygen atoms in total. The normalized spacial score (nSPS) is 13.0. The first kappa shape index (κ1) is 29.1. The number of anilines is 6. The molecule has 7 aromatic carbocycles. The number of nitrogens with zero attached hydrogens (tertiary/aromatic N) is 4. The zero-order valence-electron chi connectivity index (χ0n) is 26.8. The van der Waals surface area contributed by atoms with Crippen molar-refractivity contribution in [3.8, 4) is 22.5 Å². The molecule has 236 valence electrons. The maximum Gasteiger partial charge on any atom is 0.0973 e. The third-order valence-electron chi connectivity index (χ3n) is 9.23. The van der Waals surface area contributed by atoms with E-state index in [2.05, 4.69) is 155 Å². The predicted octanol–water partition coefficient (Wildman–Crippen LogP) is 12.8. The van der Waals surface area contributed by atoms with Crippen molar-refractivity contribution < 1.29 is 0 Å². The molecule has 0 N–H and O–H groups in total. The van der Waals surface area contributed by atoms with Gasteiger partial charge in [-0.3, -0.25) is 0 Å². The molecule has 0 atom stereocenters. The molecule has 0 fully saturated rings. The van der Waals surface area contributed by atoms with Gasteiger partial charge in [-0.25, -0.2) is 9.97 Å². The summed E-state index contributed by atoms with van der Waals surface area (Å²) in [4.78, 5) is 20.1. The van der Waals surface area contributed by atoms with Crippen LogP contribution in [0.3, 0.4) is 0 Å². The molecule has 1 aromatic heterocycles. The lowest BCUT2D eigenvalue weighted by Crippen LogP contribution is -2.14. The van der Waals surface area contributed by atoms with Crippen LogP contribution in [0.15, 0.2) is 189 Å². The highest BCUT2D eigenvalue weighted by molar-refractivity contribution is 8.00. The number of aromatic nitrogens is 2. The lowest BCUT2D eigenvalue weighted by atomic mass is 10.0. The molecule has 2 aliphatic heterocycles. The minimum absolute atomic E-state index is 0.864. The highest BCUT2D eigenvalue weighted by atomic mass is 32.2. The second-order valence-electron chi connectivity index (χ2n) is 12.2. The lowest BCUT2D eigenvalue weighted by molar-refractivity contribution is 1.16. The Kier molecular flexibility index (Phi) is 6.96. The lowest BCUT2D eigenvalue weighted by Gasteiger charge is -2.33. The minimum atomic E-state index is 0.864. The van der Waals surface area contributed by atoms with Gasteiger partial charge in [0.15, 0.2) is 0 Å². The smallest absolute Gasteiger partial charge is 0.0973 e. The van der Waals surface area contributed by atoms with E-state index in [0.717, 1.165) is 44.9 Å². The molecular formula is C44H28N4S2. The molecule has 0 saturated carbocycles. The zero-order chi connectivity index (χ0) is 33.0. The Hall–Kier alpha value is -5.82. The van der Waals surface area contributed by atoms with Gasteiger partial charge in [0, 0.05) is 42.1 Å². The summed E-state index contributed by atoms with van der Waals surface area (Å²) in [7, 11) is 0. The highest BCUT2D eigenvalue weighted by Gasteiger charge is 2.26. The molecule has 2 aliphatic rings. The zero-order valence-corrected chi connectivity index (χ0v) is 28.4. The molecule has 0 saturated heterocycles.